The SMILES string of the molecule is Cc1oc(-n2cccc2)c(C#N)c1C(=O)N1c2ccccc2C[C@@H]1C. The first-order valence-corrected chi connectivity index (χ1v) is 8.20. The van der Waals surface area contributed by atoms with Gasteiger partial charge in [-0.05, 0) is 44.0 Å². The Hall–Kier alpha value is -3.26. The minimum Gasteiger partial charge on any atom is -0.443 e. The van der Waals surface area contributed by atoms with Crippen LogP contribution in [-0.4, -0.2) is 16.5 Å². The van der Waals surface area contributed by atoms with Gasteiger partial charge >= 0.3 is 0 Å². The molecule has 2 aromatic heterocycles. The van der Waals surface area contributed by atoms with E-state index in [2.05, 4.69) is 6.07 Å². The van der Waals surface area contributed by atoms with E-state index < -0.39 is 0 Å². The van der Waals surface area contributed by atoms with E-state index in [0.717, 1.165) is 17.7 Å². The standard InChI is InChI=1S/C20H17N3O2/c1-13-11-15-7-3-4-8-17(15)23(13)19(24)18-14(2)25-20(16(18)12-21)22-9-5-6-10-22/h3-10,13H,11H2,1-2H3/t13-/m0/s1. The Morgan fingerprint density at radius 2 is 1.96 bits per heavy atom. The number of carbonyl (C=O) groups excluding carboxylic acids is 1. The molecule has 0 bridgehead atoms. The van der Waals surface area contributed by atoms with E-state index in [9.17, 15) is 10.1 Å². The Labute approximate surface area is 145 Å². The largest absolute Gasteiger partial charge is 0.443 e. The molecular formula is C20H17N3O2. The first-order chi connectivity index (χ1) is 12.1. The van der Waals surface area contributed by atoms with Crippen LogP contribution in [0.25, 0.3) is 5.88 Å². The average molecular weight is 331 g/mol. The summed E-state index contributed by atoms with van der Waals surface area (Å²) in [4.78, 5) is 15.1. The van der Waals surface area contributed by atoms with Crippen molar-refractivity contribution in [1.29, 1.82) is 5.26 Å². The minimum absolute atomic E-state index is 0.0424. The summed E-state index contributed by atoms with van der Waals surface area (Å²) in [5, 5.41) is 9.67. The van der Waals surface area contributed by atoms with Gasteiger partial charge in [-0.25, -0.2) is 0 Å². The number of hydrogen-bond donors (Lipinski definition) is 0. The minimum atomic E-state index is -0.186. The number of nitrogens with zero attached hydrogens (tertiary/aromatic N) is 3. The molecule has 25 heavy (non-hydrogen) atoms. The number of nitriles is 1. The molecule has 4 rings (SSSR count). The fourth-order valence-corrected chi connectivity index (χ4v) is 3.54. The second-order valence-corrected chi connectivity index (χ2v) is 6.27. The number of furan rings is 1. The average Bonchev–Trinajstić information content (AvgIpc) is 3.29. The van der Waals surface area contributed by atoms with E-state index in [0.29, 0.717) is 17.2 Å². The van der Waals surface area contributed by atoms with Crippen molar-refractivity contribution in [3.05, 3.63) is 71.2 Å². The zero-order valence-electron chi connectivity index (χ0n) is 14.1. The van der Waals surface area contributed by atoms with E-state index in [4.69, 9.17) is 4.42 Å². The third-order valence-electron chi connectivity index (χ3n) is 4.66. The lowest BCUT2D eigenvalue weighted by molar-refractivity contribution is 0.0980. The molecule has 124 valence electrons. The van der Waals surface area contributed by atoms with E-state index in [1.54, 1.807) is 28.8 Å². The third-order valence-corrected chi connectivity index (χ3v) is 4.66. The van der Waals surface area contributed by atoms with Crippen LogP contribution in [0.4, 0.5) is 5.69 Å². The number of anilines is 1. The van der Waals surface area contributed by atoms with Gasteiger partial charge in [0.05, 0.1) is 0 Å². The number of hydrogen-bond acceptors (Lipinski definition) is 3. The summed E-state index contributed by atoms with van der Waals surface area (Å²) in [5.41, 5.74) is 2.67. The van der Waals surface area contributed by atoms with Gasteiger partial charge in [0.1, 0.15) is 23.0 Å². The topological polar surface area (TPSA) is 62.2 Å². The summed E-state index contributed by atoms with van der Waals surface area (Å²) in [6.07, 6.45) is 4.40. The van der Waals surface area contributed by atoms with E-state index >= 15 is 0 Å². The van der Waals surface area contributed by atoms with Crippen molar-refractivity contribution in [2.75, 3.05) is 4.90 Å². The molecule has 0 saturated heterocycles. The van der Waals surface area contributed by atoms with Crippen molar-refractivity contribution in [1.82, 2.24) is 4.57 Å². The highest BCUT2D eigenvalue weighted by Gasteiger charge is 2.35. The first-order valence-electron chi connectivity index (χ1n) is 8.20. The lowest BCUT2D eigenvalue weighted by Gasteiger charge is -2.22. The molecule has 1 aliphatic heterocycles. The number of amides is 1. The maximum absolute atomic E-state index is 13.3. The van der Waals surface area contributed by atoms with Crippen LogP contribution in [0.1, 0.15) is 34.2 Å². The number of rotatable bonds is 2. The molecule has 0 N–H and O–H groups in total. The molecule has 1 aromatic carbocycles. The van der Waals surface area contributed by atoms with E-state index in [1.165, 1.54) is 0 Å². The lowest BCUT2D eigenvalue weighted by Crippen LogP contribution is -2.36. The monoisotopic (exact) mass is 331 g/mol. The van der Waals surface area contributed by atoms with Gasteiger partial charge in [-0.3, -0.25) is 9.36 Å². The van der Waals surface area contributed by atoms with Gasteiger partial charge in [-0.2, -0.15) is 5.26 Å². The molecule has 1 aliphatic rings. The molecule has 0 saturated carbocycles. The van der Waals surface area contributed by atoms with Crippen molar-refractivity contribution in [2.45, 2.75) is 26.3 Å². The molecule has 0 aliphatic carbocycles. The highest BCUT2D eigenvalue weighted by molar-refractivity contribution is 6.10. The lowest BCUT2D eigenvalue weighted by atomic mass is 10.1. The van der Waals surface area contributed by atoms with Gasteiger partial charge in [-0.15, -0.1) is 0 Å². The fourth-order valence-electron chi connectivity index (χ4n) is 3.54. The summed E-state index contributed by atoms with van der Waals surface area (Å²) in [6.45, 7) is 3.75. The second kappa shape index (κ2) is 5.67. The van der Waals surface area contributed by atoms with Crippen LogP contribution in [0.15, 0.2) is 53.2 Å². The van der Waals surface area contributed by atoms with Crippen LogP contribution in [0, 0.1) is 18.3 Å². The molecule has 0 unspecified atom stereocenters. The number of aromatic nitrogens is 1. The maximum atomic E-state index is 13.3. The van der Waals surface area contributed by atoms with Crippen molar-refractivity contribution in [3.63, 3.8) is 0 Å². The van der Waals surface area contributed by atoms with E-state index in [1.807, 2.05) is 43.3 Å². The van der Waals surface area contributed by atoms with E-state index in [-0.39, 0.29) is 17.5 Å². The highest BCUT2D eigenvalue weighted by atomic mass is 16.4. The molecule has 0 radical (unpaired) electrons. The Balaban J connectivity index is 1.83. The molecule has 0 fully saturated rings. The first kappa shape index (κ1) is 15.3. The van der Waals surface area contributed by atoms with Crippen LogP contribution in [0.5, 0.6) is 0 Å². The van der Waals surface area contributed by atoms with Crippen LogP contribution in [0.2, 0.25) is 0 Å². The van der Waals surface area contributed by atoms with Crippen molar-refractivity contribution in [3.8, 4) is 12.0 Å². The zero-order chi connectivity index (χ0) is 17.6. The second-order valence-electron chi connectivity index (χ2n) is 6.27. The smallest absolute Gasteiger partial charge is 0.263 e. The summed E-state index contributed by atoms with van der Waals surface area (Å²) in [7, 11) is 0. The summed E-state index contributed by atoms with van der Waals surface area (Å²) >= 11 is 0. The highest BCUT2D eigenvalue weighted by Crippen LogP contribution is 2.35. The molecule has 5 nitrogen and oxygen atoms in total. The zero-order valence-corrected chi connectivity index (χ0v) is 14.1. The van der Waals surface area contributed by atoms with Crippen LogP contribution >= 0.6 is 0 Å². The molecule has 0 spiro atoms. The molecule has 3 heterocycles. The number of aryl methyl sites for hydroxylation is 1. The van der Waals surface area contributed by atoms with Gasteiger partial charge < -0.3 is 9.32 Å². The number of para-hydroxylation sites is 1. The van der Waals surface area contributed by atoms with Gasteiger partial charge in [0, 0.05) is 24.1 Å². The summed E-state index contributed by atoms with van der Waals surface area (Å²) < 4.78 is 7.49. The number of fused-ring (bicyclic) bond motifs is 1. The predicted molar refractivity (Wildman–Crippen MR) is 93.9 cm³/mol. The molecule has 3 aromatic rings. The normalized spacial score (nSPS) is 15.9. The summed E-state index contributed by atoms with van der Waals surface area (Å²) in [5.74, 6) is 0.656. The number of carbonyl (C=O) groups is 1. The fraction of sp³-hybridized carbons (Fsp3) is 0.200. The number of benzene rings is 1. The Morgan fingerprint density at radius 1 is 1.24 bits per heavy atom. The van der Waals surface area contributed by atoms with Crippen molar-refractivity contribution < 1.29 is 9.21 Å². The van der Waals surface area contributed by atoms with Crippen LogP contribution in [0.3, 0.4) is 0 Å². The van der Waals surface area contributed by atoms with Gasteiger partial charge in [0.25, 0.3) is 5.91 Å². The van der Waals surface area contributed by atoms with Crippen molar-refractivity contribution in [2.24, 2.45) is 0 Å². The van der Waals surface area contributed by atoms with Crippen molar-refractivity contribution >= 4 is 11.6 Å². The molecule has 1 atom stereocenters. The maximum Gasteiger partial charge on any atom is 0.263 e. The molecule has 1 amide bonds. The van der Waals surface area contributed by atoms with Gasteiger partial charge in [0.15, 0.2) is 0 Å². The quantitative estimate of drug-likeness (QED) is 0.717. The Morgan fingerprint density at radius 3 is 2.68 bits per heavy atom. The Kier molecular flexibility index (Phi) is 3.47. The van der Waals surface area contributed by atoms with Gasteiger partial charge in [0.2, 0.25) is 5.88 Å². The molecule has 5 heteroatoms. The predicted octanol–water partition coefficient (Wildman–Crippen LogP) is 3.84. The van der Waals surface area contributed by atoms with Crippen LogP contribution < -0.4 is 4.90 Å². The van der Waals surface area contributed by atoms with Gasteiger partial charge in [-0.1, -0.05) is 18.2 Å². The third kappa shape index (κ3) is 2.26. The van der Waals surface area contributed by atoms with Crippen LogP contribution in [-0.2, 0) is 6.42 Å². The summed E-state index contributed by atoms with van der Waals surface area (Å²) in [6, 6.07) is 13.8. The molecular weight excluding hydrogens is 314 g/mol. The Bertz CT molecular complexity index is 993.